The van der Waals surface area contributed by atoms with Crippen LogP contribution in [0.15, 0.2) is 24.3 Å². The molecule has 0 aromatic heterocycles. The van der Waals surface area contributed by atoms with E-state index in [-0.39, 0.29) is 31.0 Å². The Hall–Kier alpha value is -2.08. The van der Waals surface area contributed by atoms with Crippen LogP contribution in [0.3, 0.4) is 0 Å². The molecule has 1 amide bonds. The van der Waals surface area contributed by atoms with Crippen molar-refractivity contribution in [3.63, 3.8) is 0 Å². The molecule has 0 saturated heterocycles. The van der Waals surface area contributed by atoms with Crippen LogP contribution in [-0.4, -0.2) is 39.8 Å². The molecule has 6 heteroatoms. The molecule has 1 aromatic rings. The Morgan fingerprint density at radius 1 is 1.28 bits per heavy atom. The number of aliphatic hydroxyl groups excluding tert-OH is 1. The van der Waals surface area contributed by atoms with E-state index in [4.69, 9.17) is 10.2 Å². The Morgan fingerprint density at radius 3 is 2.56 bits per heavy atom. The first-order valence-electron chi connectivity index (χ1n) is 5.45. The molecule has 1 rings (SSSR count). The minimum atomic E-state index is -1.48. The monoisotopic (exact) mass is 253 g/mol. The molecule has 4 N–H and O–H groups in total. The second-order valence-electron chi connectivity index (χ2n) is 3.80. The van der Waals surface area contributed by atoms with Gasteiger partial charge in [-0.25, -0.2) is 4.79 Å². The van der Waals surface area contributed by atoms with E-state index in [1.807, 2.05) is 0 Å². The van der Waals surface area contributed by atoms with Gasteiger partial charge in [0.05, 0.1) is 6.42 Å². The molecule has 6 nitrogen and oxygen atoms in total. The molecule has 0 bridgehead atoms. The van der Waals surface area contributed by atoms with Crippen LogP contribution in [0, 0.1) is 0 Å². The van der Waals surface area contributed by atoms with E-state index in [2.05, 4.69) is 5.32 Å². The van der Waals surface area contributed by atoms with Gasteiger partial charge in [-0.2, -0.15) is 0 Å². The van der Waals surface area contributed by atoms with Gasteiger partial charge in [-0.1, -0.05) is 18.2 Å². The van der Waals surface area contributed by atoms with Crippen molar-refractivity contribution in [1.29, 1.82) is 0 Å². The number of phenolic OH excluding ortho intramolecular Hbond substituents is 1. The van der Waals surface area contributed by atoms with Gasteiger partial charge in [0, 0.05) is 18.5 Å². The average molecular weight is 253 g/mol. The highest BCUT2D eigenvalue weighted by atomic mass is 16.4. The number of hydrogen-bond donors (Lipinski definition) is 4. The standard InChI is InChI=1S/C12H15NO5/c14-9-4-2-1-3-8(9)7-11(16)13-6-5-10(15)12(17)18/h1-4,10,14-15H,5-7H2,(H,13,16)(H,17,18)/t10-/m0/s1. The second-order valence-corrected chi connectivity index (χ2v) is 3.80. The number of rotatable bonds is 6. The van der Waals surface area contributed by atoms with E-state index in [1.54, 1.807) is 18.2 Å². The first-order valence-corrected chi connectivity index (χ1v) is 5.45. The van der Waals surface area contributed by atoms with Crippen molar-refractivity contribution in [1.82, 2.24) is 5.32 Å². The predicted octanol–water partition coefficient (Wildman–Crippen LogP) is -0.114. The van der Waals surface area contributed by atoms with Gasteiger partial charge in [0.25, 0.3) is 0 Å². The molecule has 0 heterocycles. The summed E-state index contributed by atoms with van der Waals surface area (Å²) in [6, 6.07) is 6.47. The smallest absolute Gasteiger partial charge is 0.332 e. The van der Waals surface area contributed by atoms with Gasteiger partial charge in [0.2, 0.25) is 5.91 Å². The molecule has 18 heavy (non-hydrogen) atoms. The van der Waals surface area contributed by atoms with E-state index in [1.165, 1.54) is 6.07 Å². The molecular weight excluding hydrogens is 238 g/mol. The number of aliphatic carboxylic acids is 1. The Kier molecular flexibility index (Phi) is 5.13. The highest BCUT2D eigenvalue weighted by Gasteiger charge is 2.13. The van der Waals surface area contributed by atoms with Gasteiger partial charge in [0.1, 0.15) is 5.75 Å². The lowest BCUT2D eigenvalue weighted by Crippen LogP contribution is -2.30. The lowest BCUT2D eigenvalue weighted by Gasteiger charge is -2.08. The second kappa shape index (κ2) is 6.61. The van der Waals surface area contributed by atoms with Crippen molar-refractivity contribution in [2.45, 2.75) is 18.9 Å². The molecule has 0 aliphatic carbocycles. The molecule has 0 unspecified atom stereocenters. The zero-order valence-corrected chi connectivity index (χ0v) is 9.67. The van der Waals surface area contributed by atoms with Gasteiger partial charge < -0.3 is 20.6 Å². The molecule has 0 aliphatic heterocycles. The summed E-state index contributed by atoms with van der Waals surface area (Å²) in [5.74, 6) is -1.61. The fourth-order valence-electron chi connectivity index (χ4n) is 1.37. The number of carbonyl (C=O) groups excluding carboxylic acids is 1. The Balaban J connectivity index is 2.35. The fraction of sp³-hybridized carbons (Fsp3) is 0.333. The summed E-state index contributed by atoms with van der Waals surface area (Å²) in [5, 5.41) is 29.3. The number of nitrogens with one attached hydrogen (secondary N) is 1. The van der Waals surface area contributed by atoms with Crippen molar-refractivity contribution in [2.24, 2.45) is 0 Å². The minimum Gasteiger partial charge on any atom is -0.508 e. The number of carbonyl (C=O) groups is 2. The van der Waals surface area contributed by atoms with Crippen molar-refractivity contribution < 1.29 is 24.9 Å². The molecule has 0 saturated carbocycles. The quantitative estimate of drug-likeness (QED) is 0.565. The van der Waals surface area contributed by atoms with Crippen LogP contribution >= 0.6 is 0 Å². The van der Waals surface area contributed by atoms with Gasteiger partial charge in [0.15, 0.2) is 6.10 Å². The molecule has 1 atom stereocenters. The number of carboxylic acid groups (broad SMARTS) is 1. The van der Waals surface area contributed by atoms with E-state index in [0.717, 1.165) is 0 Å². The van der Waals surface area contributed by atoms with E-state index < -0.39 is 12.1 Å². The summed E-state index contributed by atoms with van der Waals surface area (Å²) in [5.41, 5.74) is 0.494. The topological polar surface area (TPSA) is 107 Å². The van der Waals surface area contributed by atoms with Crippen molar-refractivity contribution >= 4 is 11.9 Å². The largest absolute Gasteiger partial charge is 0.508 e. The highest BCUT2D eigenvalue weighted by molar-refractivity contribution is 5.79. The van der Waals surface area contributed by atoms with Crippen LogP contribution in [0.25, 0.3) is 0 Å². The summed E-state index contributed by atoms with van der Waals surface area (Å²) < 4.78 is 0. The predicted molar refractivity (Wildman–Crippen MR) is 63.1 cm³/mol. The average Bonchev–Trinajstić information content (AvgIpc) is 2.32. The summed E-state index contributed by atoms with van der Waals surface area (Å²) >= 11 is 0. The number of aliphatic hydroxyl groups is 1. The van der Waals surface area contributed by atoms with Crippen LogP contribution in [-0.2, 0) is 16.0 Å². The Bertz CT molecular complexity index is 432. The molecule has 0 fully saturated rings. The van der Waals surface area contributed by atoms with Crippen molar-refractivity contribution in [3.05, 3.63) is 29.8 Å². The van der Waals surface area contributed by atoms with Gasteiger partial charge >= 0.3 is 5.97 Å². The zero-order chi connectivity index (χ0) is 13.5. The van der Waals surface area contributed by atoms with Gasteiger partial charge in [-0.3, -0.25) is 4.79 Å². The van der Waals surface area contributed by atoms with Crippen LogP contribution in [0.5, 0.6) is 5.75 Å². The first-order chi connectivity index (χ1) is 8.50. The minimum absolute atomic E-state index is 0.00976. The number of phenols is 1. The van der Waals surface area contributed by atoms with Crippen LogP contribution in [0.4, 0.5) is 0 Å². The lowest BCUT2D eigenvalue weighted by molar-refractivity contribution is -0.147. The zero-order valence-electron chi connectivity index (χ0n) is 9.67. The maximum Gasteiger partial charge on any atom is 0.332 e. The third-order valence-corrected chi connectivity index (χ3v) is 2.37. The van der Waals surface area contributed by atoms with Crippen LogP contribution < -0.4 is 5.32 Å². The fourth-order valence-corrected chi connectivity index (χ4v) is 1.37. The lowest BCUT2D eigenvalue weighted by atomic mass is 10.1. The van der Waals surface area contributed by atoms with Crippen LogP contribution in [0.2, 0.25) is 0 Å². The Labute approximate surface area is 104 Å². The number of aromatic hydroxyl groups is 1. The summed E-state index contributed by atoms with van der Waals surface area (Å²) in [6.07, 6.45) is -1.52. The number of carboxylic acids is 1. The molecule has 0 aliphatic rings. The van der Waals surface area contributed by atoms with E-state index >= 15 is 0 Å². The molecule has 1 aromatic carbocycles. The van der Waals surface area contributed by atoms with Gasteiger partial charge in [-0.05, 0) is 6.07 Å². The Morgan fingerprint density at radius 2 is 1.94 bits per heavy atom. The number of benzene rings is 1. The summed E-state index contributed by atoms with van der Waals surface area (Å²) in [7, 11) is 0. The maximum atomic E-state index is 11.5. The van der Waals surface area contributed by atoms with Crippen LogP contribution in [0.1, 0.15) is 12.0 Å². The third-order valence-electron chi connectivity index (χ3n) is 2.37. The van der Waals surface area contributed by atoms with Crippen molar-refractivity contribution in [2.75, 3.05) is 6.54 Å². The van der Waals surface area contributed by atoms with E-state index in [9.17, 15) is 14.7 Å². The number of amides is 1. The molecule has 98 valence electrons. The molecule has 0 spiro atoms. The molecule has 0 radical (unpaired) electrons. The number of para-hydroxylation sites is 1. The number of hydrogen-bond acceptors (Lipinski definition) is 4. The van der Waals surface area contributed by atoms with Gasteiger partial charge in [-0.15, -0.1) is 0 Å². The maximum absolute atomic E-state index is 11.5. The first kappa shape index (κ1) is 14.0. The summed E-state index contributed by atoms with van der Waals surface area (Å²) in [4.78, 5) is 21.8. The van der Waals surface area contributed by atoms with E-state index in [0.29, 0.717) is 5.56 Å². The third kappa shape index (κ3) is 4.42. The summed E-state index contributed by atoms with van der Waals surface area (Å²) in [6.45, 7) is 0.0693. The molecular formula is C12H15NO5. The normalized spacial score (nSPS) is 11.8. The highest BCUT2D eigenvalue weighted by Crippen LogP contribution is 2.15. The van der Waals surface area contributed by atoms with Crippen molar-refractivity contribution in [3.8, 4) is 5.75 Å². The SMILES string of the molecule is O=C(Cc1ccccc1O)NCC[C@H](O)C(=O)O.